The molecule has 1 N–H and O–H groups in total. The first-order valence-electron chi connectivity index (χ1n) is 7.26. The van der Waals surface area contributed by atoms with Gasteiger partial charge in [0, 0.05) is 6.54 Å². The topological polar surface area (TPSA) is 38.3 Å². The van der Waals surface area contributed by atoms with Gasteiger partial charge < -0.3 is 10.1 Å². The van der Waals surface area contributed by atoms with Gasteiger partial charge in [-0.25, -0.2) is 0 Å². The first kappa shape index (κ1) is 17.0. The molecule has 0 aromatic carbocycles. The molecular formula is C15H29NO2. The van der Waals surface area contributed by atoms with E-state index in [1.54, 1.807) is 0 Å². The van der Waals surface area contributed by atoms with E-state index < -0.39 is 0 Å². The highest BCUT2D eigenvalue weighted by Crippen LogP contribution is 2.08. The molecule has 0 unspecified atom stereocenters. The average Bonchev–Trinajstić information content (AvgIpc) is 2.39. The molecular weight excluding hydrogens is 226 g/mol. The van der Waals surface area contributed by atoms with Crippen molar-refractivity contribution in [2.45, 2.75) is 64.7 Å². The molecule has 0 rings (SSSR count). The largest absolute Gasteiger partial charge is 0.469 e. The molecule has 0 aliphatic rings. The van der Waals surface area contributed by atoms with Crippen molar-refractivity contribution < 1.29 is 9.53 Å². The molecule has 0 heterocycles. The molecule has 3 nitrogen and oxygen atoms in total. The summed E-state index contributed by atoms with van der Waals surface area (Å²) in [5.41, 5.74) is 0. The first-order chi connectivity index (χ1) is 8.81. The molecule has 18 heavy (non-hydrogen) atoms. The van der Waals surface area contributed by atoms with Crippen LogP contribution < -0.4 is 5.32 Å². The van der Waals surface area contributed by atoms with Gasteiger partial charge in [0.25, 0.3) is 0 Å². The fourth-order valence-corrected chi connectivity index (χ4v) is 1.75. The molecule has 106 valence electrons. The Morgan fingerprint density at radius 2 is 1.78 bits per heavy atom. The summed E-state index contributed by atoms with van der Waals surface area (Å²) in [6, 6.07) is 0. The van der Waals surface area contributed by atoms with E-state index in [0.29, 0.717) is 13.0 Å². The van der Waals surface area contributed by atoms with E-state index in [-0.39, 0.29) is 5.97 Å². The molecule has 0 aliphatic heterocycles. The molecule has 0 amide bonds. The maximum absolute atomic E-state index is 10.8. The zero-order valence-electron chi connectivity index (χ0n) is 12.0. The van der Waals surface area contributed by atoms with E-state index in [9.17, 15) is 4.79 Å². The summed E-state index contributed by atoms with van der Waals surface area (Å²) < 4.78 is 4.55. The zero-order chi connectivity index (χ0) is 13.5. The summed E-state index contributed by atoms with van der Waals surface area (Å²) in [7, 11) is 1.42. The maximum atomic E-state index is 10.8. The van der Waals surface area contributed by atoms with Gasteiger partial charge in [-0.15, -0.1) is 0 Å². The summed E-state index contributed by atoms with van der Waals surface area (Å²) in [5.74, 6) is -0.164. The Balaban J connectivity index is 3.11. The van der Waals surface area contributed by atoms with Crippen LogP contribution in [0.4, 0.5) is 0 Å². The van der Waals surface area contributed by atoms with Crippen LogP contribution in [0.1, 0.15) is 64.7 Å². The van der Waals surface area contributed by atoms with Crippen molar-refractivity contribution in [3.63, 3.8) is 0 Å². The smallest absolute Gasteiger partial charge is 0.307 e. The molecule has 0 aliphatic carbocycles. The lowest BCUT2D eigenvalue weighted by Crippen LogP contribution is -2.12. The molecule has 0 spiro atoms. The molecule has 0 saturated heterocycles. The fourth-order valence-electron chi connectivity index (χ4n) is 1.75. The van der Waals surface area contributed by atoms with Crippen molar-refractivity contribution in [2.24, 2.45) is 0 Å². The lowest BCUT2D eigenvalue weighted by atomic mass is 10.1. The fraction of sp³-hybridized carbons (Fsp3) is 0.800. The highest BCUT2D eigenvalue weighted by Gasteiger charge is 1.96. The molecule has 0 fully saturated rings. The number of carbonyl (C=O) groups excluding carboxylic acids is 1. The second-order valence-corrected chi connectivity index (χ2v) is 4.59. The van der Waals surface area contributed by atoms with Crippen molar-refractivity contribution in [3.8, 4) is 0 Å². The van der Waals surface area contributed by atoms with Crippen LogP contribution in [-0.4, -0.2) is 19.6 Å². The third-order valence-corrected chi connectivity index (χ3v) is 2.91. The van der Waals surface area contributed by atoms with Gasteiger partial charge in [0.05, 0.1) is 13.5 Å². The molecule has 0 atom stereocenters. The Bertz CT molecular complexity index is 215. The summed E-state index contributed by atoms with van der Waals surface area (Å²) >= 11 is 0. The molecule has 0 aromatic rings. The molecule has 3 heteroatoms. The molecule has 0 saturated carbocycles. The summed E-state index contributed by atoms with van der Waals surface area (Å²) in [6.07, 6.45) is 15.1. The Kier molecular flexibility index (Phi) is 13.3. The summed E-state index contributed by atoms with van der Waals surface area (Å²) in [4.78, 5) is 10.8. The van der Waals surface area contributed by atoms with E-state index in [2.05, 4.69) is 23.1 Å². The van der Waals surface area contributed by atoms with Gasteiger partial charge in [-0.1, -0.05) is 51.5 Å². The number of nitrogens with one attached hydrogen (secondary N) is 1. The number of methoxy groups -OCH3 is 1. The third-order valence-electron chi connectivity index (χ3n) is 2.91. The van der Waals surface area contributed by atoms with Crippen LogP contribution in [0.3, 0.4) is 0 Å². The number of allylic oxidation sites excluding steroid dienone is 1. The van der Waals surface area contributed by atoms with Crippen LogP contribution >= 0.6 is 0 Å². The number of carbonyl (C=O) groups is 1. The number of ether oxygens (including phenoxy) is 1. The van der Waals surface area contributed by atoms with Gasteiger partial charge in [-0.05, 0) is 19.0 Å². The van der Waals surface area contributed by atoms with Gasteiger partial charge in [0.2, 0.25) is 0 Å². The van der Waals surface area contributed by atoms with Crippen LogP contribution in [0.2, 0.25) is 0 Å². The minimum Gasteiger partial charge on any atom is -0.469 e. The van der Waals surface area contributed by atoms with Gasteiger partial charge >= 0.3 is 5.97 Å². The van der Waals surface area contributed by atoms with Crippen LogP contribution in [-0.2, 0) is 9.53 Å². The van der Waals surface area contributed by atoms with Crippen LogP contribution in [0.15, 0.2) is 12.3 Å². The normalized spacial score (nSPS) is 10.8. The highest BCUT2D eigenvalue weighted by molar-refractivity contribution is 5.69. The van der Waals surface area contributed by atoms with Crippen molar-refractivity contribution in [1.29, 1.82) is 0 Å². The quantitative estimate of drug-likeness (QED) is 0.426. The Morgan fingerprint density at radius 1 is 1.11 bits per heavy atom. The number of hydrogen-bond donors (Lipinski definition) is 1. The minimum absolute atomic E-state index is 0.164. The first-order valence-corrected chi connectivity index (χ1v) is 7.26. The van der Waals surface area contributed by atoms with E-state index in [1.165, 1.54) is 52.1 Å². The van der Waals surface area contributed by atoms with E-state index in [1.807, 2.05) is 6.20 Å². The number of rotatable bonds is 12. The second kappa shape index (κ2) is 14.1. The zero-order valence-corrected chi connectivity index (χ0v) is 12.0. The minimum atomic E-state index is -0.164. The summed E-state index contributed by atoms with van der Waals surface area (Å²) in [6.45, 7) is 2.90. The molecule has 0 bridgehead atoms. The van der Waals surface area contributed by atoms with E-state index in [0.717, 1.165) is 6.42 Å². The van der Waals surface area contributed by atoms with Crippen LogP contribution in [0.25, 0.3) is 0 Å². The summed E-state index contributed by atoms with van der Waals surface area (Å²) in [5, 5.41) is 3.09. The van der Waals surface area contributed by atoms with E-state index in [4.69, 9.17) is 0 Å². The van der Waals surface area contributed by atoms with Crippen molar-refractivity contribution in [1.82, 2.24) is 5.32 Å². The van der Waals surface area contributed by atoms with Gasteiger partial charge in [-0.2, -0.15) is 0 Å². The van der Waals surface area contributed by atoms with Gasteiger partial charge in [0.1, 0.15) is 0 Å². The Morgan fingerprint density at radius 3 is 2.44 bits per heavy atom. The highest BCUT2D eigenvalue weighted by atomic mass is 16.5. The number of esters is 1. The predicted molar refractivity (Wildman–Crippen MR) is 76.4 cm³/mol. The standard InChI is InChI=1S/C15H29NO2/c1-3-4-5-6-7-8-9-10-11-13-16-14-12-15(17)18-2/h11,13,16H,3-10,12,14H2,1-2H3. The van der Waals surface area contributed by atoms with Crippen molar-refractivity contribution >= 4 is 5.97 Å². The number of unbranched alkanes of at least 4 members (excludes halogenated alkanes) is 7. The van der Waals surface area contributed by atoms with E-state index >= 15 is 0 Å². The van der Waals surface area contributed by atoms with Gasteiger partial charge in [0.15, 0.2) is 0 Å². The SMILES string of the molecule is CCCCCCCCCC=CNCCC(=O)OC. The average molecular weight is 255 g/mol. The Hall–Kier alpha value is -0.990. The lowest BCUT2D eigenvalue weighted by Gasteiger charge is -2.00. The third kappa shape index (κ3) is 13.1. The number of hydrogen-bond acceptors (Lipinski definition) is 3. The van der Waals surface area contributed by atoms with Crippen LogP contribution in [0.5, 0.6) is 0 Å². The second-order valence-electron chi connectivity index (χ2n) is 4.59. The Labute approximate surface area is 112 Å². The monoisotopic (exact) mass is 255 g/mol. The van der Waals surface area contributed by atoms with Crippen LogP contribution in [0, 0.1) is 0 Å². The van der Waals surface area contributed by atoms with Gasteiger partial charge in [-0.3, -0.25) is 4.79 Å². The molecule has 0 aromatic heterocycles. The molecule has 0 radical (unpaired) electrons. The maximum Gasteiger partial charge on any atom is 0.307 e. The van der Waals surface area contributed by atoms with Crippen molar-refractivity contribution in [2.75, 3.05) is 13.7 Å². The van der Waals surface area contributed by atoms with Crippen molar-refractivity contribution in [3.05, 3.63) is 12.3 Å². The predicted octanol–water partition coefficient (Wildman–Crippen LogP) is 3.79. The lowest BCUT2D eigenvalue weighted by molar-refractivity contribution is -0.140.